The number of morpholine rings is 1. The van der Waals surface area contributed by atoms with Crippen LogP contribution in [0.1, 0.15) is 10.4 Å². The number of carbonyl (C=O) groups excluding carboxylic acids is 1. The van der Waals surface area contributed by atoms with Crippen molar-refractivity contribution in [3.8, 4) is 17.2 Å². The number of nitrogens with zero attached hydrogens (tertiary/aromatic N) is 3. The van der Waals surface area contributed by atoms with Gasteiger partial charge in [-0.2, -0.15) is 0 Å². The number of fused-ring (bicyclic) bond motifs is 3. The van der Waals surface area contributed by atoms with E-state index in [1.54, 1.807) is 4.57 Å². The Morgan fingerprint density at radius 1 is 1.06 bits per heavy atom. The van der Waals surface area contributed by atoms with E-state index in [9.17, 15) is 4.79 Å². The minimum absolute atomic E-state index is 0.171. The number of rotatable bonds is 5. The van der Waals surface area contributed by atoms with Crippen LogP contribution in [-0.2, 0) is 4.74 Å². The molecule has 10 nitrogen and oxygen atoms in total. The van der Waals surface area contributed by atoms with Gasteiger partial charge in [-0.05, 0) is 24.3 Å². The van der Waals surface area contributed by atoms with Gasteiger partial charge >= 0.3 is 0 Å². The largest absolute Gasteiger partial charge is 0.454 e. The Morgan fingerprint density at radius 3 is 2.65 bits per heavy atom. The summed E-state index contributed by atoms with van der Waals surface area (Å²) in [5.41, 5.74) is 10.0. The Morgan fingerprint density at radius 2 is 1.82 bits per heavy atom. The molecule has 2 aliphatic heterocycles. The number of quaternary nitrogens is 1. The van der Waals surface area contributed by atoms with E-state index in [0.29, 0.717) is 46.0 Å². The molecule has 0 spiro atoms. The standard InChI is InChI=1S/C24H24N6O4/c25-22-20(24(31)26-7-8-29-9-11-32-12-10-29)21-23(28-17-4-2-1-3-16(17)27-21)30(22)15-5-6-18-19(13-15)34-14-33-18/h1-6,13H,7-12,14,25H2,(H,26,31)/p+1. The van der Waals surface area contributed by atoms with Gasteiger partial charge in [0.2, 0.25) is 6.79 Å². The van der Waals surface area contributed by atoms with Crippen molar-refractivity contribution >= 4 is 33.9 Å². The van der Waals surface area contributed by atoms with Crippen molar-refractivity contribution in [3.63, 3.8) is 0 Å². The van der Waals surface area contributed by atoms with Crippen LogP contribution in [-0.4, -0.2) is 66.6 Å². The van der Waals surface area contributed by atoms with Crippen molar-refractivity contribution in [1.82, 2.24) is 19.9 Å². The van der Waals surface area contributed by atoms with Crippen LogP contribution in [0.25, 0.3) is 27.9 Å². The molecule has 6 rings (SSSR count). The van der Waals surface area contributed by atoms with Gasteiger partial charge in [-0.25, -0.2) is 9.97 Å². The number of nitrogens with one attached hydrogen (secondary N) is 2. The maximum absolute atomic E-state index is 13.3. The number of amides is 1. The number of ether oxygens (including phenoxy) is 3. The van der Waals surface area contributed by atoms with E-state index in [-0.39, 0.29) is 18.5 Å². The lowest BCUT2D eigenvalue weighted by atomic mass is 10.2. The molecule has 4 heterocycles. The molecule has 2 aromatic carbocycles. The minimum Gasteiger partial charge on any atom is -0.454 e. The Kier molecular flexibility index (Phi) is 5.16. The van der Waals surface area contributed by atoms with E-state index in [2.05, 4.69) is 5.32 Å². The fourth-order valence-electron chi connectivity index (χ4n) is 4.52. The second-order valence-electron chi connectivity index (χ2n) is 8.39. The van der Waals surface area contributed by atoms with Crippen LogP contribution in [0, 0.1) is 0 Å². The molecule has 0 saturated carbocycles. The second-order valence-corrected chi connectivity index (χ2v) is 8.39. The summed E-state index contributed by atoms with van der Waals surface area (Å²) in [5.74, 6) is 1.30. The third-order valence-electron chi connectivity index (χ3n) is 6.30. The molecule has 0 atom stereocenters. The highest BCUT2D eigenvalue weighted by Gasteiger charge is 2.26. The zero-order valence-corrected chi connectivity index (χ0v) is 18.5. The molecule has 1 fully saturated rings. The molecule has 1 amide bonds. The molecular formula is C24H25N6O4+. The van der Waals surface area contributed by atoms with Gasteiger partial charge in [0.25, 0.3) is 5.91 Å². The molecule has 0 radical (unpaired) electrons. The van der Waals surface area contributed by atoms with Crippen LogP contribution in [0.2, 0.25) is 0 Å². The van der Waals surface area contributed by atoms with E-state index in [1.807, 2.05) is 42.5 Å². The van der Waals surface area contributed by atoms with Crippen molar-refractivity contribution in [2.24, 2.45) is 0 Å². The zero-order valence-electron chi connectivity index (χ0n) is 18.5. The number of benzene rings is 2. The van der Waals surface area contributed by atoms with Crippen LogP contribution < -0.4 is 25.4 Å². The number of para-hydroxylation sites is 2. The maximum Gasteiger partial charge on any atom is 0.257 e. The number of carbonyl (C=O) groups is 1. The summed E-state index contributed by atoms with van der Waals surface area (Å²) in [7, 11) is 0. The zero-order chi connectivity index (χ0) is 23.1. The summed E-state index contributed by atoms with van der Waals surface area (Å²) in [4.78, 5) is 24.3. The smallest absolute Gasteiger partial charge is 0.257 e. The first-order chi connectivity index (χ1) is 16.7. The molecule has 0 bridgehead atoms. The second kappa shape index (κ2) is 8.47. The van der Waals surface area contributed by atoms with Gasteiger partial charge in [0, 0.05) is 6.07 Å². The van der Waals surface area contributed by atoms with Crippen molar-refractivity contribution in [2.75, 3.05) is 51.9 Å². The van der Waals surface area contributed by atoms with Crippen molar-refractivity contribution in [2.45, 2.75) is 0 Å². The molecule has 10 heteroatoms. The normalized spacial score (nSPS) is 15.8. The first-order valence-electron chi connectivity index (χ1n) is 11.4. The topological polar surface area (TPSA) is 118 Å². The lowest BCUT2D eigenvalue weighted by molar-refractivity contribution is -0.906. The number of hydrogen-bond donors (Lipinski definition) is 3. The molecule has 1 saturated heterocycles. The van der Waals surface area contributed by atoms with Crippen molar-refractivity contribution < 1.29 is 23.9 Å². The van der Waals surface area contributed by atoms with Gasteiger partial charge in [0.1, 0.15) is 30.0 Å². The first-order valence-corrected chi connectivity index (χ1v) is 11.4. The Balaban J connectivity index is 1.41. The summed E-state index contributed by atoms with van der Waals surface area (Å²) in [5, 5.41) is 3.03. The lowest BCUT2D eigenvalue weighted by Crippen LogP contribution is -3.14. The van der Waals surface area contributed by atoms with Gasteiger partial charge in [-0.15, -0.1) is 0 Å². The average molecular weight is 462 g/mol. The summed E-state index contributed by atoms with van der Waals surface area (Å²) in [6.45, 7) is 4.92. The third kappa shape index (κ3) is 3.57. The number of nitrogens with two attached hydrogens (primary N) is 1. The Bertz CT molecular complexity index is 1400. The minimum atomic E-state index is -0.265. The Labute approximate surface area is 195 Å². The van der Waals surface area contributed by atoms with Gasteiger partial charge in [0.15, 0.2) is 17.1 Å². The van der Waals surface area contributed by atoms with E-state index in [1.165, 1.54) is 4.90 Å². The fraction of sp³-hybridized carbons (Fsp3) is 0.292. The first kappa shape index (κ1) is 20.7. The molecule has 2 aromatic heterocycles. The summed E-state index contributed by atoms with van der Waals surface area (Å²) < 4.78 is 18.1. The maximum atomic E-state index is 13.3. The van der Waals surface area contributed by atoms with Crippen LogP contribution in [0.15, 0.2) is 42.5 Å². The number of hydrogen-bond acceptors (Lipinski definition) is 7. The molecule has 2 aliphatic rings. The lowest BCUT2D eigenvalue weighted by Gasteiger charge is -2.23. The monoisotopic (exact) mass is 461 g/mol. The van der Waals surface area contributed by atoms with Crippen LogP contribution >= 0.6 is 0 Å². The van der Waals surface area contributed by atoms with Crippen molar-refractivity contribution in [3.05, 3.63) is 48.0 Å². The fourth-order valence-corrected chi connectivity index (χ4v) is 4.52. The van der Waals surface area contributed by atoms with Gasteiger partial charge in [0.05, 0.1) is 43.0 Å². The molecule has 0 aliphatic carbocycles. The van der Waals surface area contributed by atoms with Crippen LogP contribution in [0.4, 0.5) is 5.82 Å². The van der Waals surface area contributed by atoms with Crippen LogP contribution in [0.5, 0.6) is 11.5 Å². The SMILES string of the molecule is Nc1c(C(=O)NCC[NH+]2CCOCC2)c2nc3ccccc3nc2n1-c1ccc2c(c1)OCO2. The third-order valence-corrected chi connectivity index (χ3v) is 6.30. The average Bonchev–Trinajstić information content (AvgIpc) is 3.44. The molecule has 4 aromatic rings. The van der Waals surface area contributed by atoms with E-state index < -0.39 is 0 Å². The highest BCUT2D eigenvalue weighted by atomic mass is 16.7. The number of aromatic nitrogens is 3. The van der Waals surface area contributed by atoms with E-state index in [0.717, 1.165) is 38.4 Å². The van der Waals surface area contributed by atoms with Gasteiger partial charge in [-0.3, -0.25) is 9.36 Å². The van der Waals surface area contributed by atoms with Crippen LogP contribution in [0.3, 0.4) is 0 Å². The summed E-state index contributed by atoms with van der Waals surface area (Å²) >= 11 is 0. The predicted octanol–water partition coefficient (Wildman–Crippen LogP) is 0.529. The number of nitrogen functional groups attached to an aromatic ring is 1. The highest BCUT2D eigenvalue weighted by Crippen LogP contribution is 2.37. The Hall–Kier alpha value is -3.89. The molecule has 4 N–H and O–H groups in total. The highest BCUT2D eigenvalue weighted by molar-refractivity contribution is 6.11. The summed E-state index contributed by atoms with van der Waals surface area (Å²) in [6, 6.07) is 13.1. The number of anilines is 1. The molecule has 174 valence electrons. The van der Waals surface area contributed by atoms with E-state index >= 15 is 0 Å². The van der Waals surface area contributed by atoms with Crippen molar-refractivity contribution in [1.29, 1.82) is 0 Å². The van der Waals surface area contributed by atoms with Gasteiger partial charge in [-0.1, -0.05) is 12.1 Å². The quantitative estimate of drug-likeness (QED) is 0.397. The van der Waals surface area contributed by atoms with E-state index in [4.69, 9.17) is 29.9 Å². The molecule has 34 heavy (non-hydrogen) atoms. The molecular weight excluding hydrogens is 436 g/mol. The predicted molar refractivity (Wildman–Crippen MR) is 126 cm³/mol. The summed E-state index contributed by atoms with van der Waals surface area (Å²) in [6.07, 6.45) is 0. The van der Waals surface area contributed by atoms with Gasteiger partial charge < -0.3 is 30.2 Å². The molecule has 0 unspecified atom stereocenters.